The van der Waals surface area contributed by atoms with E-state index in [9.17, 15) is 5.11 Å². The van der Waals surface area contributed by atoms with E-state index < -0.39 is 0 Å². The SMILES string of the molecule is CC(C)c1c(Cl)ncnc1N(C)CC1CC(O)C1. The standard InChI is InChI=1S/C13H20ClN3O/c1-8(2)11-12(14)15-7-16-13(11)17(3)6-9-4-10(18)5-9/h7-10,18H,4-6H2,1-3H3. The number of aliphatic hydroxyl groups is 1. The van der Waals surface area contributed by atoms with Gasteiger partial charge in [0.05, 0.1) is 6.10 Å². The zero-order chi connectivity index (χ0) is 13.3. The van der Waals surface area contributed by atoms with Crippen LogP contribution in [0.2, 0.25) is 5.15 Å². The number of aliphatic hydroxyl groups excluding tert-OH is 1. The minimum Gasteiger partial charge on any atom is -0.393 e. The molecule has 0 spiro atoms. The molecule has 5 heteroatoms. The molecule has 0 bridgehead atoms. The molecule has 4 nitrogen and oxygen atoms in total. The minimum atomic E-state index is -0.109. The van der Waals surface area contributed by atoms with Gasteiger partial charge in [0.2, 0.25) is 0 Å². The van der Waals surface area contributed by atoms with E-state index in [4.69, 9.17) is 11.6 Å². The second-order valence-corrected chi connectivity index (χ2v) is 5.79. The smallest absolute Gasteiger partial charge is 0.138 e. The molecule has 0 radical (unpaired) electrons. The molecule has 0 atom stereocenters. The Hall–Kier alpha value is -0.870. The van der Waals surface area contributed by atoms with Gasteiger partial charge in [-0.2, -0.15) is 0 Å². The van der Waals surface area contributed by atoms with E-state index in [-0.39, 0.29) is 6.10 Å². The maximum Gasteiger partial charge on any atom is 0.138 e. The van der Waals surface area contributed by atoms with Gasteiger partial charge in [-0.25, -0.2) is 9.97 Å². The highest BCUT2D eigenvalue weighted by Crippen LogP contribution is 2.33. The summed E-state index contributed by atoms with van der Waals surface area (Å²) in [6.07, 6.45) is 3.18. The summed E-state index contributed by atoms with van der Waals surface area (Å²) in [7, 11) is 2.02. The number of aromatic nitrogens is 2. The van der Waals surface area contributed by atoms with Crippen LogP contribution in [0.15, 0.2) is 6.33 Å². The van der Waals surface area contributed by atoms with Crippen molar-refractivity contribution >= 4 is 17.4 Å². The first-order valence-corrected chi connectivity index (χ1v) is 6.76. The molecule has 2 rings (SSSR count). The monoisotopic (exact) mass is 269 g/mol. The number of rotatable bonds is 4. The Morgan fingerprint density at radius 3 is 2.67 bits per heavy atom. The third-order valence-corrected chi connectivity index (χ3v) is 3.80. The van der Waals surface area contributed by atoms with Crippen LogP contribution in [0.25, 0.3) is 0 Å². The lowest BCUT2D eigenvalue weighted by Gasteiger charge is -2.35. The molecule has 1 aromatic rings. The first-order valence-electron chi connectivity index (χ1n) is 6.38. The van der Waals surface area contributed by atoms with E-state index in [0.29, 0.717) is 17.0 Å². The quantitative estimate of drug-likeness (QED) is 0.853. The zero-order valence-electron chi connectivity index (χ0n) is 11.1. The van der Waals surface area contributed by atoms with Crippen molar-refractivity contribution in [3.8, 4) is 0 Å². The number of halogens is 1. The Kier molecular flexibility index (Phi) is 4.07. The van der Waals surface area contributed by atoms with Crippen LogP contribution in [-0.4, -0.2) is 34.8 Å². The van der Waals surface area contributed by atoms with Crippen LogP contribution >= 0.6 is 11.6 Å². The van der Waals surface area contributed by atoms with Crippen LogP contribution in [0.1, 0.15) is 38.2 Å². The maximum atomic E-state index is 9.32. The number of nitrogens with zero attached hydrogens (tertiary/aromatic N) is 3. The largest absolute Gasteiger partial charge is 0.393 e. The Morgan fingerprint density at radius 1 is 1.44 bits per heavy atom. The summed E-state index contributed by atoms with van der Waals surface area (Å²) < 4.78 is 0. The molecular formula is C13H20ClN3O. The van der Waals surface area contributed by atoms with Crippen molar-refractivity contribution < 1.29 is 5.11 Å². The molecule has 0 amide bonds. The van der Waals surface area contributed by atoms with Gasteiger partial charge in [-0.05, 0) is 24.7 Å². The number of hydrogen-bond acceptors (Lipinski definition) is 4. The predicted molar refractivity (Wildman–Crippen MR) is 73.1 cm³/mol. The maximum absolute atomic E-state index is 9.32. The lowest BCUT2D eigenvalue weighted by Crippen LogP contribution is -2.37. The first kappa shape index (κ1) is 13.6. The minimum absolute atomic E-state index is 0.109. The van der Waals surface area contributed by atoms with E-state index >= 15 is 0 Å². The first-order chi connectivity index (χ1) is 8.49. The lowest BCUT2D eigenvalue weighted by molar-refractivity contribution is 0.0464. The van der Waals surface area contributed by atoms with Crippen molar-refractivity contribution in [2.24, 2.45) is 5.92 Å². The van der Waals surface area contributed by atoms with E-state index in [1.54, 1.807) is 0 Å². The third-order valence-electron chi connectivity index (χ3n) is 3.50. The van der Waals surface area contributed by atoms with Crippen LogP contribution in [-0.2, 0) is 0 Å². The van der Waals surface area contributed by atoms with Crippen molar-refractivity contribution in [3.05, 3.63) is 17.0 Å². The van der Waals surface area contributed by atoms with E-state index in [1.165, 1.54) is 6.33 Å². The summed E-state index contributed by atoms with van der Waals surface area (Å²) in [5, 5.41) is 9.86. The Labute approximate surface area is 113 Å². The molecule has 1 fully saturated rings. The normalized spacial score (nSPS) is 23.0. The van der Waals surface area contributed by atoms with Crippen molar-refractivity contribution in [1.82, 2.24) is 9.97 Å². The average molecular weight is 270 g/mol. The van der Waals surface area contributed by atoms with Gasteiger partial charge in [0.15, 0.2) is 0 Å². The molecule has 1 N–H and O–H groups in total. The number of anilines is 1. The molecule has 0 unspecified atom stereocenters. The van der Waals surface area contributed by atoms with Gasteiger partial charge in [-0.3, -0.25) is 0 Å². The van der Waals surface area contributed by atoms with E-state index in [2.05, 4.69) is 28.7 Å². The third kappa shape index (κ3) is 2.75. The van der Waals surface area contributed by atoms with Crippen molar-refractivity contribution in [1.29, 1.82) is 0 Å². The fourth-order valence-corrected chi connectivity index (χ4v) is 2.84. The molecule has 100 valence electrons. The summed E-state index contributed by atoms with van der Waals surface area (Å²) in [6, 6.07) is 0. The Morgan fingerprint density at radius 2 is 2.11 bits per heavy atom. The van der Waals surface area contributed by atoms with E-state index in [1.807, 2.05) is 7.05 Å². The molecule has 1 aliphatic carbocycles. The molecule has 18 heavy (non-hydrogen) atoms. The Balaban J connectivity index is 2.14. The van der Waals surface area contributed by atoms with Gasteiger partial charge in [0.1, 0.15) is 17.3 Å². The van der Waals surface area contributed by atoms with Crippen LogP contribution < -0.4 is 4.90 Å². The highest BCUT2D eigenvalue weighted by molar-refractivity contribution is 6.30. The molecule has 0 aliphatic heterocycles. The fourth-order valence-electron chi connectivity index (χ4n) is 2.49. The molecule has 1 saturated carbocycles. The average Bonchev–Trinajstić information content (AvgIpc) is 2.26. The summed E-state index contributed by atoms with van der Waals surface area (Å²) in [4.78, 5) is 10.5. The molecular weight excluding hydrogens is 250 g/mol. The van der Waals surface area contributed by atoms with Crippen LogP contribution in [0.5, 0.6) is 0 Å². The summed E-state index contributed by atoms with van der Waals surface area (Å²) in [6.45, 7) is 5.09. The lowest BCUT2D eigenvalue weighted by atomic mass is 9.82. The van der Waals surface area contributed by atoms with Gasteiger partial charge in [0.25, 0.3) is 0 Å². The summed E-state index contributed by atoms with van der Waals surface area (Å²) >= 11 is 6.16. The second-order valence-electron chi connectivity index (χ2n) is 5.43. The fraction of sp³-hybridized carbons (Fsp3) is 0.692. The van der Waals surface area contributed by atoms with Gasteiger partial charge in [-0.1, -0.05) is 25.4 Å². The van der Waals surface area contributed by atoms with E-state index in [0.717, 1.165) is 30.8 Å². The van der Waals surface area contributed by atoms with Gasteiger partial charge < -0.3 is 10.0 Å². The second kappa shape index (κ2) is 5.41. The predicted octanol–water partition coefficient (Wildman–Crippen LogP) is 2.46. The topological polar surface area (TPSA) is 49.2 Å². The summed E-state index contributed by atoms with van der Waals surface area (Å²) in [5.74, 6) is 1.76. The van der Waals surface area contributed by atoms with Gasteiger partial charge >= 0.3 is 0 Å². The van der Waals surface area contributed by atoms with Gasteiger partial charge in [-0.15, -0.1) is 0 Å². The van der Waals surface area contributed by atoms with Crippen molar-refractivity contribution in [2.45, 2.75) is 38.7 Å². The van der Waals surface area contributed by atoms with Crippen LogP contribution in [0, 0.1) is 5.92 Å². The van der Waals surface area contributed by atoms with Crippen LogP contribution in [0.4, 0.5) is 5.82 Å². The zero-order valence-corrected chi connectivity index (χ0v) is 11.9. The Bertz CT molecular complexity index is 419. The number of hydrogen-bond donors (Lipinski definition) is 1. The molecule has 1 aromatic heterocycles. The van der Waals surface area contributed by atoms with Crippen molar-refractivity contribution in [2.75, 3.05) is 18.5 Å². The van der Waals surface area contributed by atoms with Crippen LogP contribution in [0.3, 0.4) is 0 Å². The molecule has 1 aliphatic rings. The highest BCUT2D eigenvalue weighted by Gasteiger charge is 2.29. The molecule has 0 saturated heterocycles. The molecule has 0 aromatic carbocycles. The summed E-state index contributed by atoms with van der Waals surface area (Å²) in [5.41, 5.74) is 1.00. The highest BCUT2D eigenvalue weighted by atomic mass is 35.5. The van der Waals surface area contributed by atoms with Gasteiger partial charge in [0, 0.05) is 19.2 Å². The van der Waals surface area contributed by atoms with Crippen molar-refractivity contribution in [3.63, 3.8) is 0 Å². The molecule has 1 heterocycles.